The van der Waals surface area contributed by atoms with Gasteiger partial charge in [-0.15, -0.1) is 0 Å². The molecule has 0 aliphatic rings. The van der Waals surface area contributed by atoms with Crippen LogP contribution in [0.2, 0.25) is 0 Å². The van der Waals surface area contributed by atoms with E-state index in [2.05, 4.69) is 6.26 Å². The molecule has 1 radical (unpaired) electrons. The summed E-state index contributed by atoms with van der Waals surface area (Å²) in [5, 5.41) is 0. The number of hydrogen-bond donors (Lipinski definition) is 0. The van der Waals surface area contributed by atoms with Crippen LogP contribution >= 0.6 is 27.7 Å². The molecule has 0 bridgehead atoms. The molecule has 0 spiro atoms. The van der Waals surface area contributed by atoms with Crippen LogP contribution in [-0.2, 0) is 0 Å². The lowest BCUT2D eigenvalue weighted by Gasteiger charge is -1.98. The van der Waals surface area contributed by atoms with Gasteiger partial charge in [0.15, 0.2) is 0 Å². The van der Waals surface area contributed by atoms with E-state index in [1.807, 2.05) is 15.9 Å². The first-order valence-corrected chi connectivity index (χ1v) is 2.84. The molecule has 0 atom stereocenters. The quantitative estimate of drug-likeness (QED) is 0.553. The lowest BCUT2D eigenvalue weighted by Crippen LogP contribution is -1.91. The average Bonchev–Trinajstić information content (AvgIpc) is 1.35. The summed E-state index contributed by atoms with van der Waals surface area (Å²) in [6, 6.07) is 0. The van der Waals surface area contributed by atoms with Crippen LogP contribution in [0.4, 0.5) is 8.78 Å². The van der Waals surface area contributed by atoms with Crippen molar-refractivity contribution >= 4 is 27.7 Å². The highest BCUT2D eigenvalue weighted by molar-refractivity contribution is 9.11. The van der Waals surface area contributed by atoms with Crippen LogP contribution in [0.25, 0.3) is 0 Å². The van der Waals surface area contributed by atoms with Gasteiger partial charge in [-0.2, -0.15) is 8.78 Å². The Hall–Kier alpha value is 0.690. The van der Waals surface area contributed by atoms with E-state index in [1.165, 1.54) is 0 Å². The molecular formula is C2H2BrF2S. The Labute approximate surface area is 47.4 Å². The fourth-order valence-electron chi connectivity index (χ4n) is 0. The fraction of sp³-hybridized carbons (Fsp3) is 0.500. The van der Waals surface area contributed by atoms with Crippen molar-refractivity contribution in [3.05, 3.63) is 6.26 Å². The molecule has 0 saturated heterocycles. The third-order valence-electron chi connectivity index (χ3n) is 0.164. The topological polar surface area (TPSA) is 0 Å². The second-order valence-electron chi connectivity index (χ2n) is 0.590. The van der Waals surface area contributed by atoms with E-state index in [0.29, 0.717) is 0 Å². The predicted octanol–water partition coefficient (Wildman–Crippen LogP) is 2.46. The van der Waals surface area contributed by atoms with Crippen molar-refractivity contribution in [2.45, 2.75) is 4.16 Å². The summed E-state index contributed by atoms with van der Waals surface area (Å²) < 4.78 is 19.7. The molecule has 0 heterocycles. The molecule has 0 aliphatic carbocycles. The molecule has 0 aromatic heterocycles. The lowest BCUT2D eigenvalue weighted by atomic mass is 11.7. The third-order valence-corrected chi connectivity index (χ3v) is 1.18. The van der Waals surface area contributed by atoms with Crippen LogP contribution in [0.5, 0.6) is 0 Å². The van der Waals surface area contributed by atoms with Crippen molar-refractivity contribution < 1.29 is 8.78 Å². The molecular weight excluding hydrogens is 174 g/mol. The van der Waals surface area contributed by atoms with E-state index in [0.717, 1.165) is 0 Å². The minimum Gasteiger partial charge on any atom is -0.182 e. The monoisotopic (exact) mass is 175 g/mol. The van der Waals surface area contributed by atoms with Gasteiger partial charge in [-0.05, 0) is 0 Å². The van der Waals surface area contributed by atoms with Gasteiger partial charge in [0.2, 0.25) is 0 Å². The van der Waals surface area contributed by atoms with Crippen LogP contribution in [-0.4, -0.2) is 4.16 Å². The van der Waals surface area contributed by atoms with Gasteiger partial charge in [0.05, 0.1) is 0 Å². The van der Waals surface area contributed by atoms with Crippen LogP contribution in [0.15, 0.2) is 0 Å². The highest BCUT2D eigenvalue weighted by Crippen LogP contribution is 2.33. The van der Waals surface area contributed by atoms with E-state index in [-0.39, 0.29) is 11.8 Å². The van der Waals surface area contributed by atoms with Crippen LogP contribution in [0.3, 0.4) is 0 Å². The summed E-state index contributed by atoms with van der Waals surface area (Å²) in [6.07, 6.45) is 2.88. The number of hydrogen-bond acceptors (Lipinski definition) is 1. The second kappa shape index (κ2) is 2.12. The van der Waals surface area contributed by atoms with Gasteiger partial charge in [0.1, 0.15) is 0 Å². The molecule has 0 N–H and O–H groups in total. The van der Waals surface area contributed by atoms with E-state index < -0.39 is 4.16 Å². The Morgan fingerprint density at radius 1 is 1.67 bits per heavy atom. The van der Waals surface area contributed by atoms with Crippen LogP contribution < -0.4 is 0 Å². The first-order chi connectivity index (χ1) is 2.56. The van der Waals surface area contributed by atoms with Gasteiger partial charge in [-0.25, -0.2) is 0 Å². The number of thioether (sulfide) groups is 1. The molecule has 0 aromatic rings. The average molecular weight is 176 g/mol. The molecule has 0 aromatic carbocycles. The minimum atomic E-state index is -2.84. The number of rotatable bonds is 1. The van der Waals surface area contributed by atoms with Gasteiger partial charge >= 0.3 is 4.16 Å². The Morgan fingerprint density at radius 2 is 1.83 bits per heavy atom. The molecule has 0 rings (SSSR count). The first kappa shape index (κ1) is 6.69. The van der Waals surface area contributed by atoms with Crippen molar-refractivity contribution in [3.8, 4) is 0 Å². The van der Waals surface area contributed by atoms with E-state index >= 15 is 0 Å². The Kier molecular flexibility index (Phi) is 2.36. The largest absolute Gasteiger partial charge is 0.349 e. The summed E-state index contributed by atoms with van der Waals surface area (Å²) in [4.78, 5) is 0. The van der Waals surface area contributed by atoms with E-state index in [9.17, 15) is 8.78 Å². The summed E-state index contributed by atoms with van der Waals surface area (Å²) in [7, 11) is 0. The van der Waals surface area contributed by atoms with Crippen LogP contribution in [0.1, 0.15) is 0 Å². The fourth-order valence-corrected chi connectivity index (χ4v) is 0. The first-order valence-electron chi connectivity index (χ1n) is 1.06. The molecule has 0 aliphatic heterocycles. The highest BCUT2D eigenvalue weighted by atomic mass is 79.9. The SMILES string of the molecule is [CH2]SC(F)(F)Br. The summed E-state index contributed by atoms with van der Waals surface area (Å²) in [6.45, 7) is 0. The van der Waals surface area contributed by atoms with E-state index in [4.69, 9.17) is 0 Å². The molecule has 0 fully saturated rings. The number of alkyl halides is 3. The zero-order chi connectivity index (χ0) is 5.21. The van der Waals surface area contributed by atoms with Crippen molar-refractivity contribution in [2.75, 3.05) is 0 Å². The van der Waals surface area contributed by atoms with Crippen molar-refractivity contribution in [2.24, 2.45) is 0 Å². The smallest absolute Gasteiger partial charge is 0.182 e. The molecule has 0 nitrogen and oxygen atoms in total. The molecule has 0 saturated carbocycles. The molecule has 6 heavy (non-hydrogen) atoms. The van der Waals surface area contributed by atoms with Gasteiger partial charge in [-0.1, -0.05) is 11.8 Å². The van der Waals surface area contributed by atoms with Crippen molar-refractivity contribution in [1.29, 1.82) is 0 Å². The molecule has 37 valence electrons. The Morgan fingerprint density at radius 3 is 1.83 bits per heavy atom. The number of halogens is 3. The predicted molar refractivity (Wildman–Crippen MR) is 26.8 cm³/mol. The maximum Gasteiger partial charge on any atom is 0.349 e. The second-order valence-corrected chi connectivity index (χ2v) is 2.91. The Bertz CT molecular complexity index is 41.3. The van der Waals surface area contributed by atoms with Crippen LogP contribution in [0, 0.1) is 6.26 Å². The molecule has 4 heteroatoms. The molecule has 0 unspecified atom stereocenters. The van der Waals surface area contributed by atoms with E-state index in [1.54, 1.807) is 0 Å². The molecule has 0 amide bonds. The summed E-state index contributed by atoms with van der Waals surface area (Å²) in [5.74, 6) is 0. The normalized spacial score (nSPS) is 12.0. The van der Waals surface area contributed by atoms with Gasteiger partial charge in [-0.3, -0.25) is 0 Å². The maximum atomic E-state index is 11.3. The standard InChI is InChI=1S/C2H2BrF2S/c1-6-2(3,4)5/h1H2. The van der Waals surface area contributed by atoms with Gasteiger partial charge in [0, 0.05) is 22.2 Å². The third kappa shape index (κ3) is 4.69. The summed E-state index contributed by atoms with van der Waals surface area (Å²) >= 11 is 2.26. The highest BCUT2D eigenvalue weighted by Gasteiger charge is 2.20. The zero-order valence-corrected chi connectivity index (χ0v) is 5.15. The Balaban J connectivity index is 3.17. The maximum absolute atomic E-state index is 11.3. The van der Waals surface area contributed by atoms with Crippen molar-refractivity contribution in [3.63, 3.8) is 0 Å². The van der Waals surface area contributed by atoms with Gasteiger partial charge in [0.25, 0.3) is 0 Å². The van der Waals surface area contributed by atoms with Crippen molar-refractivity contribution in [1.82, 2.24) is 0 Å². The van der Waals surface area contributed by atoms with Gasteiger partial charge < -0.3 is 0 Å². The minimum absolute atomic E-state index is 0.215. The summed E-state index contributed by atoms with van der Waals surface area (Å²) in [5.41, 5.74) is 0. The zero-order valence-electron chi connectivity index (χ0n) is 2.75. The lowest BCUT2D eigenvalue weighted by molar-refractivity contribution is 0.222.